The third kappa shape index (κ3) is 3.76. The number of ether oxygens (including phenoxy) is 2. The first-order chi connectivity index (χ1) is 10.1. The van der Waals surface area contributed by atoms with Crippen LogP contribution in [-0.4, -0.2) is 12.6 Å². The molecule has 0 fully saturated rings. The van der Waals surface area contributed by atoms with Gasteiger partial charge in [0.1, 0.15) is 17.1 Å². The molecule has 2 aromatic carbocycles. The van der Waals surface area contributed by atoms with E-state index >= 15 is 0 Å². The summed E-state index contributed by atoms with van der Waals surface area (Å²) in [5.74, 6) is -0.971. The van der Waals surface area contributed by atoms with E-state index in [-0.39, 0.29) is 17.1 Å². The van der Waals surface area contributed by atoms with Crippen molar-refractivity contribution in [1.29, 1.82) is 5.26 Å². The van der Waals surface area contributed by atoms with Gasteiger partial charge in [0.2, 0.25) is 0 Å². The molecule has 0 aliphatic carbocycles. The van der Waals surface area contributed by atoms with E-state index in [1.807, 2.05) is 6.07 Å². The van der Waals surface area contributed by atoms with Gasteiger partial charge in [0.25, 0.3) is 0 Å². The molecule has 0 unspecified atom stereocenters. The number of hydrogen-bond donors (Lipinski definition) is 0. The first-order valence-corrected chi connectivity index (χ1v) is 5.86. The Morgan fingerprint density at radius 3 is 2.62 bits per heavy atom. The molecule has 106 valence electrons. The standard InChI is InChI=1S/C15H9F2NO3/c16-15(17)21-13-7-2-1-6-12(13)14(19)20-11-5-3-4-10(8-11)9-18/h1-8,15H. The zero-order valence-electron chi connectivity index (χ0n) is 10.6. The summed E-state index contributed by atoms with van der Waals surface area (Å²) in [5.41, 5.74) is 0.192. The second-order valence-electron chi connectivity index (χ2n) is 3.90. The molecule has 0 spiro atoms. The summed E-state index contributed by atoms with van der Waals surface area (Å²) in [5, 5.41) is 8.76. The molecule has 0 aliphatic rings. The fourth-order valence-corrected chi connectivity index (χ4v) is 1.63. The number of nitrogens with zero attached hydrogens (tertiary/aromatic N) is 1. The zero-order valence-corrected chi connectivity index (χ0v) is 10.6. The molecule has 0 N–H and O–H groups in total. The van der Waals surface area contributed by atoms with Gasteiger partial charge in [0.15, 0.2) is 0 Å². The van der Waals surface area contributed by atoms with Gasteiger partial charge in [-0.25, -0.2) is 4.79 Å². The van der Waals surface area contributed by atoms with E-state index in [2.05, 4.69) is 4.74 Å². The lowest BCUT2D eigenvalue weighted by Crippen LogP contribution is -2.12. The number of hydrogen-bond acceptors (Lipinski definition) is 4. The number of esters is 1. The third-order valence-electron chi connectivity index (χ3n) is 2.50. The van der Waals surface area contributed by atoms with Gasteiger partial charge in [0.05, 0.1) is 11.6 Å². The summed E-state index contributed by atoms with van der Waals surface area (Å²) in [6.45, 7) is -3.04. The fraction of sp³-hybridized carbons (Fsp3) is 0.0667. The van der Waals surface area contributed by atoms with Crippen molar-refractivity contribution in [3.8, 4) is 17.6 Å². The highest BCUT2D eigenvalue weighted by Crippen LogP contribution is 2.22. The zero-order chi connectivity index (χ0) is 15.2. The van der Waals surface area contributed by atoms with E-state index in [1.54, 1.807) is 12.1 Å². The first kappa shape index (κ1) is 14.5. The summed E-state index contributed by atoms with van der Waals surface area (Å²) in [6, 6.07) is 13.4. The minimum atomic E-state index is -3.04. The summed E-state index contributed by atoms with van der Waals surface area (Å²) in [7, 11) is 0. The van der Waals surface area contributed by atoms with Crippen LogP contribution < -0.4 is 9.47 Å². The molecule has 0 radical (unpaired) electrons. The Kier molecular flexibility index (Phi) is 4.46. The van der Waals surface area contributed by atoms with Crippen LogP contribution in [0.4, 0.5) is 8.78 Å². The Labute approximate surface area is 119 Å². The number of para-hydroxylation sites is 1. The second-order valence-corrected chi connectivity index (χ2v) is 3.90. The van der Waals surface area contributed by atoms with Crippen LogP contribution in [0.1, 0.15) is 15.9 Å². The van der Waals surface area contributed by atoms with Crippen LogP contribution in [0.5, 0.6) is 11.5 Å². The number of carbonyl (C=O) groups excluding carboxylic acids is 1. The highest BCUT2D eigenvalue weighted by Gasteiger charge is 2.17. The van der Waals surface area contributed by atoms with Crippen molar-refractivity contribution >= 4 is 5.97 Å². The molecule has 4 nitrogen and oxygen atoms in total. The second kappa shape index (κ2) is 6.48. The van der Waals surface area contributed by atoms with Crippen molar-refractivity contribution in [3.63, 3.8) is 0 Å². The van der Waals surface area contributed by atoms with Crippen molar-refractivity contribution in [3.05, 3.63) is 59.7 Å². The molecule has 0 amide bonds. The Morgan fingerprint density at radius 2 is 1.90 bits per heavy atom. The van der Waals surface area contributed by atoms with Crippen LogP contribution in [0.25, 0.3) is 0 Å². The molecule has 0 atom stereocenters. The van der Waals surface area contributed by atoms with Gasteiger partial charge < -0.3 is 9.47 Å². The third-order valence-corrected chi connectivity index (χ3v) is 2.50. The van der Waals surface area contributed by atoms with E-state index in [1.165, 1.54) is 36.4 Å². The average molecular weight is 289 g/mol. The number of nitriles is 1. The van der Waals surface area contributed by atoms with E-state index < -0.39 is 12.6 Å². The van der Waals surface area contributed by atoms with Gasteiger partial charge in [-0.3, -0.25) is 0 Å². The van der Waals surface area contributed by atoms with Gasteiger partial charge in [-0.05, 0) is 30.3 Å². The van der Waals surface area contributed by atoms with Crippen LogP contribution in [0.2, 0.25) is 0 Å². The van der Waals surface area contributed by atoms with Crippen LogP contribution in [0, 0.1) is 11.3 Å². The predicted molar refractivity (Wildman–Crippen MR) is 69.2 cm³/mol. The minimum Gasteiger partial charge on any atom is -0.434 e. The Balaban J connectivity index is 2.22. The van der Waals surface area contributed by atoms with Crippen molar-refractivity contribution in [2.24, 2.45) is 0 Å². The molecule has 0 saturated heterocycles. The first-order valence-electron chi connectivity index (χ1n) is 5.86. The number of carbonyl (C=O) groups is 1. The number of benzene rings is 2. The molecule has 0 heterocycles. The lowest BCUT2D eigenvalue weighted by atomic mass is 10.2. The highest BCUT2D eigenvalue weighted by atomic mass is 19.3. The van der Waals surface area contributed by atoms with Crippen molar-refractivity contribution < 1.29 is 23.0 Å². The van der Waals surface area contributed by atoms with E-state index in [0.29, 0.717) is 5.56 Å². The van der Waals surface area contributed by atoms with E-state index in [4.69, 9.17) is 10.00 Å². The smallest absolute Gasteiger partial charge is 0.387 e. The lowest BCUT2D eigenvalue weighted by molar-refractivity contribution is -0.0503. The number of rotatable bonds is 4. The topological polar surface area (TPSA) is 59.3 Å². The van der Waals surface area contributed by atoms with Crippen molar-refractivity contribution in [2.75, 3.05) is 0 Å². The largest absolute Gasteiger partial charge is 0.434 e. The predicted octanol–water partition coefficient (Wildman–Crippen LogP) is 3.38. The lowest BCUT2D eigenvalue weighted by Gasteiger charge is -2.10. The van der Waals surface area contributed by atoms with Gasteiger partial charge in [-0.15, -0.1) is 0 Å². The van der Waals surface area contributed by atoms with E-state index in [0.717, 1.165) is 0 Å². The Morgan fingerprint density at radius 1 is 1.14 bits per heavy atom. The van der Waals surface area contributed by atoms with Crippen molar-refractivity contribution in [1.82, 2.24) is 0 Å². The van der Waals surface area contributed by atoms with Crippen LogP contribution in [0.15, 0.2) is 48.5 Å². The molecular weight excluding hydrogens is 280 g/mol. The monoisotopic (exact) mass is 289 g/mol. The molecular formula is C15H9F2NO3. The highest BCUT2D eigenvalue weighted by molar-refractivity contribution is 5.94. The fourth-order valence-electron chi connectivity index (χ4n) is 1.63. The van der Waals surface area contributed by atoms with Crippen LogP contribution >= 0.6 is 0 Å². The SMILES string of the molecule is N#Cc1cccc(OC(=O)c2ccccc2OC(F)F)c1. The maximum absolute atomic E-state index is 12.3. The summed E-state index contributed by atoms with van der Waals surface area (Å²) < 4.78 is 33.9. The number of alkyl halides is 2. The van der Waals surface area contributed by atoms with Gasteiger partial charge in [-0.2, -0.15) is 14.0 Å². The summed E-state index contributed by atoms with van der Waals surface area (Å²) >= 11 is 0. The summed E-state index contributed by atoms with van der Waals surface area (Å²) in [6.07, 6.45) is 0. The molecule has 6 heteroatoms. The normalized spacial score (nSPS) is 10.0. The summed E-state index contributed by atoms with van der Waals surface area (Å²) in [4.78, 5) is 12.0. The van der Waals surface area contributed by atoms with Gasteiger partial charge >= 0.3 is 12.6 Å². The van der Waals surface area contributed by atoms with Crippen LogP contribution in [0.3, 0.4) is 0 Å². The minimum absolute atomic E-state index is 0.125. The van der Waals surface area contributed by atoms with Crippen LogP contribution in [-0.2, 0) is 0 Å². The maximum atomic E-state index is 12.3. The molecule has 0 saturated carbocycles. The maximum Gasteiger partial charge on any atom is 0.387 e. The van der Waals surface area contributed by atoms with E-state index in [9.17, 15) is 13.6 Å². The van der Waals surface area contributed by atoms with Crippen molar-refractivity contribution in [2.45, 2.75) is 6.61 Å². The molecule has 0 bridgehead atoms. The quantitative estimate of drug-likeness (QED) is 0.639. The Bertz CT molecular complexity index is 695. The molecule has 0 aliphatic heterocycles. The average Bonchev–Trinajstić information content (AvgIpc) is 2.47. The molecule has 0 aromatic heterocycles. The molecule has 21 heavy (non-hydrogen) atoms. The molecule has 2 rings (SSSR count). The number of halogens is 2. The molecule has 2 aromatic rings. The van der Waals surface area contributed by atoms with Gasteiger partial charge in [-0.1, -0.05) is 18.2 Å². The Hall–Kier alpha value is -2.94. The van der Waals surface area contributed by atoms with Gasteiger partial charge in [0, 0.05) is 0 Å².